The third-order valence-electron chi connectivity index (χ3n) is 3.09. The van der Waals surface area contributed by atoms with Gasteiger partial charge in [-0.2, -0.15) is 0 Å². The number of rotatable bonds is 4. The van der Waals surface area contributed by atoms with Crippen LogP contribution in [0.1, 0.15) is 26.3 Å². The molecule has 0 spiro atoms. The molecule has 0 radical (unpaired) electrons. The topological polar surface area (TPSA) is 71.1 Å². The second-order valence-electron chi connectivity index (χ2n) is 6.12. The van der Waals surface area contributed by atoms with Gasteiger partial charge in [0.25, 0.3) is 0 Å². The van der Waals surface area contributed by atoms with Gasteiger partial charge in [-0.05, 0) is 50.6 Å². The molecule has 2 aromatic rings. The molecule has 2 rings (SSSR count). The third kappa shape index (κ3) is 5.49. The van der Waals surface area contributed by atoms with E-state index in [0.29, 0.717) is 17.1 Å². The van der Waals surface area contributed by atoms with Gasteiger partial charge in [0.05, 0.1) is 11.9 Å². The fourth-order valence-electron chi connectivity index (χ4n) is 1.84. The number of carbonyl (C=O) groups is 1. The molecule has 1 aromatic heterocycles. The van der Waals surface area contributed by atoms with Gasteiger partial charge < -0.3 is 10.6 Å². The zero-order chi connectivity index (χ0) is 16.9. The SMILES string of the molecule is CC(C)(C)[S@@](=O)Cc1cccc(NC(=O)Nc2cccnc2)c1. The highest BCUT2D eigenvalue weighted by Gasteiger charge is 2.19. The van der Waals surface area contributed by atoms with Crippen LogP contribution in [-0.2, 0) is 16.6 Å². The lowest BCUT2D eigenvalue weighted by Gasteiger charge is -2.18. The second-order valence-corrected chi connectivity index (χ2v) is 8.33. The lowest BCUT2D eigenvalue weighted by atomic mass is 10.2. The molecule has 0 aliphatic heterocycles. The number of urea groups is 1. The van der Waals surface area contributed by atoms with Crippen LogP contribution in [0.3, 0.4) is 0 Å². The molecule has 6 heteroatoms. The van der Waals surface area contributed by atoms with E-state index in [4.69, 9.17) is 0 Å². The minimum atomic E-state index is -0.977. The Labute approximate surface area is 139 Å². The second kappa shape index (κ2) is 7.37. The van der Waals surface area contributed by atoms with Crippen molar-refractivity contribution in [3.05, 3.63) is 54.4 Å². The van der Waals surface area contributed by atoms with Crippen LogP contribution in [0, 0.1) is 0 Å². The maximum atomic E-state index is 12.2. The van der Waals surface area contributed by atoms with Crippen LogP contribution in [0.4, 0.5) is 16.2 Å². The molecule has 122 valence electrons. The van der Waals surface area contributed by atoms with E-state index in [-0.39, 0.29) is 10.8 Å². The number of benzene rings is 1. The summed E-state index contributed by atoms with van der Waals surface area (Å²) in [6.45, 7) is 5.85. The molecule has 0 aliphatic rings. The summed E-state index contributed by atoms with van der Waals surface area (Å²) in [6, 6.07) is 10.6. The lowest BCUT2D eigenvalue weighted by molar-refractivity contribution is 0.262. The van der Waals surface area contributed by atoms with Crippen molar-refractivity contribution in [2.75, 3.05) is 10.6 Å². The van der Waals surface area contributed by atoms with Crippen molar-refractivity contribution in [3.8, 4) is 0 Å². The zero-order valence-electron chi connectivity index (χ0n) is 13.5. The highest BCUT2D eigenvalue weighted by molar-refractivity contribution is 7.85. The van der Waals surface area contributed by atoms with E-state index in [2.05, 4.69) is 15.6 Å². The van der Waals surface area contributed by atoms with Crippen molar-refractivity contribution in [3.63, 3.8) is 0 Å². The van der Waals surface area contributed by atoms with Crippen molar-refractivity contribution in [1.29, 1.82) is 0 Å². The third-order valence-corrected chi connectivity index (χ3v) is 5.05. The van der Waals surface area contributed by atoms with Crippen LogP contribution in [0.2, 0.25) is 0 Å². The normalized spacial score (nSPS) is 12.5. The van der Waals surface area contributed by atoms with Crippen LogP contribution in [0.5, 0.6) is 0 Å². The average Bonchev–Trinajstić information content (AvgIpc) is 2.47. The van der Waals surface area contributed by atoms with Crippen LogP contribution < -0.4 is 10.6 Å². The fourth-order valence-corrected chi connectivity index (χ4v) is 2.75. The van der Waals surface area contributed by atoms with Gasteiger partial charge in [0, 0.05) is 33.2 Å². The van der Waals surface area contributed by atoms with Gasteiger partial charge in [0.1, 0.15) is 0 Å². The first-order valence-corrected chi connectivity index (χ1v) is 8.62. The van der Waals surface area contributed by atoms with Crippen LogP contribution >= 0.6 is 0 Å². The van der Waals surface area contributed by atoms with Gasteiger partial charge in [-0.3, -0.25) is 9.19 Å². The highest BCUT2D eigenvalue weighted by Crippen LogP contribution is 2.19. The van der Waals surface area contributed by atoms with Crippen LogP contribution in [-0.4, -0.2) is 20.0 Å². The molecule has 0 saturated carbocycles. The number of hydrogen-bond acceptors (Lipinski definition) is 3. The summed E-state index contributed by atoms with van der Waals surface area (Å²) in [5.41, 5.74) is 2.21. The number of hydrogen-bond donors (Lipinski definition) is 2. The van der Waals surface area contributed by atoms with Gasteiger partial charge in [-0.25, -0.2) is 4.79 Å². The molecule has 1 heterocycles. The predicted octanol–water partition coefficient (Wildman–Crippen LogP) is 3.77. The fraction of sp³-hybridized carbons (Fsp3) is 0.294. The molecule has 0 fully saturated rings. The summed E-state index contributed by atoms with van der Waals surface area (Å²) >= 11 is 0. The van der Waals surface area contributed by atoms with E-state index in [1.807, 2.05) is 39.0 Å². The highest BCUT2D eigenvalue weighted by atomic mass is 32.2. The maximum absolute atomic E-state index is 12.2. The van der Waals surface area contributed by atoms with Crippen molar-refractivity contribution in [2.45, 2.75) is 31.3 Å². The first-order chi connectivity index (χ1) is 10.8. The van der Waals surface area contributed by atoms with Crippen molar-refractivity contribution >= 4 is 28.2 Å². The molecular weight excluding hydrogens is 310 g/mol. The van der Waals surface area contributed by atoms with Gasteiger partial charge in [0.15, 0.2) is 0 Å². The molecule has 0 aliphatic carbocycles. The number of aromatic nitrogens is 1. The molecule has 1 aromatic carbocycles. The Bertz CT molecular complexity index is 696. The van der Waals surface area contributed by atoms with Gasteiger partial charge in [0.2, 0.25) is 0 Å². The number of carbonyl (C=O) groups excluding carboxylic acids is 1. The average molecular weight is 331 g/mol. The van der Waals surface area contributed by atoms with Crippen molar-refractivity contribution in [2.24, 2.45) is 0 Å². The first-order valence-electron chi connectivity index (χ1n) is 7.30. The summed E-state index contributed by atoms with van der Waals surface area (Å²) in [6.07, 6.45) is 3.21. The zero-order valence-corrected chi connectivity index (χ0v) is 14.3. The largest absolute Gasteiger partial charge is 0.323 e. The standard InChI is InChI=1S/C17H21N3O2S/c1-17(2,3)23(22)12-13-6-4-7-14(10-13)19-16(21)20-15-8-5-9-18-11-15/h4-11H,12H2,1-3H3,(H2,19,20,21)/t23-/m0/s1. The summed E-state index contributed by atoms with van der Waals surface area (Å²) in [5.74, 6) is 0.462. The van der Waals surface area contributed by atoms with E-state index in [9.17, 15) is 9.00 Å². The Morgan fingerprint density at radius 3 is 2.48 bits per heavy atom. The smallest absolute Gasteiger partial charge is 0.308 e. The van der Waals surface area contributed by atoms with Crippen molar-refractivity contribution < 1.29 is 9.00 Å². The maximum Gasteiger partial charge on any atom is 0.323 e. The number of nitrogens with zero attached hydrogens (tertiary/aromatic N) is 1. The van der Waals surface area contributed by atoms with Crippen LogP contribution in [0.15, 0.2) is 48.8 Å². The molecule has 0 saturated heterocycles. The van der Waals surface area contributed by atoms with E-state index in [1.165, 1.54) is 0 Å². The molecule has 0 unspecified atom stereocenters. The summed E-state index contributed by atoms with van der Waals surface area (Å²) in [5, 5.41) is 5.47. The monoisotopic (exact) mass is 331 g/mol. The first kappa shape index (κ1) is 17.1. The van der Waals surface area contributed by atoms with Crippen LogP contribution in [0.25, 0.3) is 0 Å². The van der Waals surface area contributed by atoms with E-state index in [1.54, 1.807) is 30.6 Å². The van der Waals surface area contributed by atoms with Gasteiger partial charge in [-0.15, -0.1) is 0 Å². The van der Waals surface area contributed by atoms with E-state index >= 15 is 0 Å². The molecule has 2 N–H and O–H groups in total. The number of nitrogens with one attached hydrogen (secondary N) is 2. The van der Waals surface area contributed by atoms with E-state index < -0.39 is 10.8 Å². The number of amides is 2. The molecule has 0 bridgehead atoms. The Kier molecular flexibility index (Phi) is 5.50. The summed E-state index contributed by atoms with van der Waals surface area (Å²) in [7, 11) is -0.977. The molecule has 1 atom stereocenters. The number of pyridine rings is 1. The minimum absolute atomic E-state index is 0.263. The summed E-state index contributed by atoms with van der Waals surface area (Å²) in [4.78, 5) is 15.9. The number of anilines is 2. The molecule has 23 heavy (non-hydrogen) atoms. The molecule has 2 amide bonds. The lowest BCUT2D eigenvalue weighted by Crippen LogP contribution is -2.23. The quantitative estimate of drug-likeness (QED) is 0.896. The Morgan fingerprint density at radius 2 is 1.83 bits per heavy atom. The van der Waals surface area contributed by atoms with E-state index in [0.717, 1.165) is 5.56 Å². The summed E-state index contributed by atoms with van der Waals surface area (Å²) < 4.78 is 12.0. The molecular formula is C17H21N3O2S. The Morgan fingerprint density at radius 1 is 1.13 bits per heavy atom. The van der Waals surface area contributed by atoms with Gasteiger partial charge >= 0.3 is 6.03 Å². The Hall–Kier alpha value is -2.21. The molecule has 5 nitrogen and oxygen atoms in total. The minimum Gasteiger partial charge on any atom is -0.308 e. The van der Waals surface area contributed by atoms with Crippen molar-refractivity contribution in [1.82, 2.24) is 4.98 Å². The Balaban J connectivity index is 2.00. The van der Waals surface area contributed by atoms with Gasteiger partial charge in [-0.1, -0.05) is 12.1 Å². The predicted molar refractivity (Wildman–Crippen MR) is 94.9 cm³/mol.